The lowest BCUT2D eigenvalue weighted by atomic mass is 9.93. The molecule has 0 unspecified atom stereocenters. The minimum absolute atomic E-state index is 0.757. The Labute approximate surface area is 148 Å². The largest absolute Gasteiger partial charge is 0.298 e. The maximum atomic E-state index is 11.7. The first-order valence-corrected chi connectivity index (χ1v) is 8.51. The number of aldehydes is 1. The van der Waals surface area contributed by atoms with E-state index in [2.05, 4.69) is 65.1 Å². The summed E-state index contributed by atoms with van der Waals surface area (Å²) in [5.74, 6) is 0. The summed E-state index contributed by atoms with van der Waals surface area (Å²) in [5, 5.41) is 4.50. The summed E-state index contributed by atoms with van der Waals surface area (Å²) in [6.07, 6.45) is 0.968. The molecule has 1 nitrogen and oxygen atoms in total. The Morgan fingerprint density at radius 2 is 1.48 bits per heavy atom. The van der Waals surface area contributed by atoms with E-state index in [0.29, 0.717) is 0 Å². The van der Waals surface area contributed by atoms with Crippen molar-refractivity contribution in [2.45, 2.75) is 0 Å². The average Bonchev–Trinajstić information content (AvgIpc) is 2.60. The Hall–Kier alpha value is -2.20. The van der Waals surface area contributed by atoms with Crippen molar-refractivity contribution in [3.05, 3.63) is 81.9 Å². The van der Waals surface area contributed by atoms with Crippen LogP contribution in [0.4, 0.5) is 0 Å². The molecule has 0 saturated heterocycles. The molecule has 0 amide bonds. The second-order valence-electron chi connectivity index (χ2n) is 5.57. The summed E-state index contributed by atoms with van der Waals surface area (Å²) < 4.78 is 1.22. The fourth-order valence-corrected chi connectivity index (χ4v) is 3.57. The average molecular weight is 408 g/mol. The zero-order chi connectivity index (χ0) is 15.8. The molecule has 0 atom stereocenters. The fraction of sp³-hybridized carbons (Fsp3) is 0. The Bertz CT molecular complexity index is 1050. The summed E-state index contributed by atoms with van der Waals surface area (Å²) in [4.78, 5) is 11.7. The number of hydrogen-bond donors (Lipinski definition) is 0. The third-order valence-electron chi connectivity index (χ3n) is 4.20. The van der Waals surface area contributed by atoms with Gasteiger partial charge in [-0.1, -0.05) is 54.6 Å². The van der Waals surface area contributed by atoms with E-state index >= 15 is 0 Å². The molecule has 0 radical (unpaired) electrons. The van der Waals surface area contributed by atoms with Crippen LogP contribution in [-0.4, -0.2) is 6.29 Å². The summed E-state index contributed by atoms with van der Waals surface area (Å²) in [7, 11) is 0. The van der Waals surface area contributed by atoms with Gasteiger partial charge in [-0.2, -0.15) is 0 Å². The lowest BCUT2D eigenvalue weighted by Gasteiger charge is -2.10. The SMILES string of the molecule is O=Cc1c(-c2ccc3cc(I)ccc3c2)ccc2ccccc12. The van der Waals surface area contributed by atoms with E-state index in [1.807, 2.05) is 30.3 Å². The lowest BCUT2D eigenvalue weighted by Crippen LogP contribution is -1.90. The van der Waals surface area contributed by atoms with Gasteiger partial charge in [-0.15, -0.1) is 0 Å². The van der Waals surface area contributed by atoms with Gasteiger partial charge in [-0.25, -0.2) is 0 Å². The highest BCUT2D eigenvalue weighted by atomic mass is 127. The first-order valence-electron chi connectivity index (χ1n) is 7.43. The maximum Gasteiger partial charge on any atom is 0.151 e. The Kier molecular flexibility index (Phi) is 3.62. The summed E-state index contributed by atoms with van der Waals surface area (Å²) in [6, 6.07) is 24.9. The first kappa shape index (κ1) is 14.4. The predicted molar refractivity (Wildman–Crippen MR) is 105 cm³/mol. The van der Waals surface area contributed by atoms with Crippen molar-refractivity contribution in [2.75, 3.05) is 0 Å². The van der Waals surface area contributed by atoms with Crippen LogP contribution in [0.25, 0.3) is 32.7 Å². The van der Waals surface area contributed by atoms with Crippen molar-refractivity contribution >= 4 is 50.4 Å². The molecule has 0 aromatic heterocycles. The summed E-state index contributed by atoms with van der Waals surface area (Å²) >= 11 is 2.32. The van der Waals surface area contributed by atoms with Crippen LogP contribution in [0.3, 0.4) is 0 Å². The van der Waals surface area contributed by atoms with Crippen LogP contribution in [0.15, 0.2) is 72.8 Å². The van der Waals surface area contributed by atoms with Crippen LogP contribution in [0.1, 0.15) is 10.4 Å². The molecular weight excluding hydrogens is 395 g/mol. The summed E-state index contributed by atoms with van der Waals surface area (Å²) in [5.41, 5.74) is 2.82. The van der Waals surface area contributed by atoms with Gasteiger partial charge in [0.15, 0.2) is 6.29 Å². The van der Waals surface area contributed by atoms with Crippen molar-refractivity contribution < 1.29 is 4.79 Å². The lowest BCUT2D eigenvalue weighted by molar-refractivity contribution is 0.112. The van der Waals surface area contributed by atoms with Crippen molar-refractivity contribution in [3.63, 3.8) is 0 Å². The molecule has 0 aliphatic carbocycles. The van der Waals surface area contributed by atoms with Crippen molar-refractivity contribution in [2.24, 2.45) is 0 Å². The van der Waals surface area contributed by atoms with E-state index in [-0.39, 0.29) is 0 Å². The molecule has 0 N–H and O–H groups in total. The molecule has 23 heavy (non-hydrogen) atoms. The fourth-order valence-electron chi connectivity index (χ4n) is 3.06. The zero-order valence-electron chi connectivity index (χ0n) is 12.3. The highest BCUT2D eigenvalue weighted by Crippen LogP contribution is 2.31. The second-order valence-corrected chi connectivity index (χ2v) is 6.82. The van der Waals surface area contributed by atoms with Gasteiger partial charge in [0, 0.05) is 9.13 Å². The third kappa shape index (κ3) is 2.53. The zero-order valence-corrected chi connectivity index (χ0v) is 14.4. The number of rotatable bonds is 2. The van der Waals surface area contributed by atoms with Gasteiger partial charge in [0.2, 0.25) is 0 Å². The van der Waals surface area contributed by atoms with Crippen LogP contribution in [0, 0.1) is 3.57 Å². The van der Waals surface area contributed by atoms with E-state index in [0.717, 1.165) is 33.7 Å². The highest BCUT2D eigenvalue weighted by molar-refractivity contribution is 14.1. The van der Waals surface area contributed by atoms with E-state index in [4.69, 9.17) is 0 Å². The molecule has 0 bridgehead atoms. The molecule has 0 fully saturated rings. The van der Waals surface area contributed by atoms with Crippen LogP contribution in [0.5, 0.6) is 0 Å². The number of fused-ring (bicyclic) bond motifs is 2. The molecule has 110 valence electrons. The molecule has 0 heterocycles. The van der Waals surface area contributed by atoms with Gasteiger partial charge in [-0.05, 0) is 73.5 Å². The van der Waals surface area contributed by atoms with Crippen molar-refractivity contribution in [1.29, 1.82) is 0 Å². The van der Waals surface area contributed by atoms with Gasteiger partial charge in [0.1, 0.15) is 0 Å². The minimum atomic E-state index is 0.757. The highest BCUT2D eigenvalue weighted by Gasteiger charge is 2.09. The number of halogens is 1. The van der Waals surface area contributed by atoms with Gasteiger partial charge in [-0.3, -0.25) is 4.79 Å². The second kappa shape index (κ2) is 5.78. The quantitative estimate of drug-likeness (QED) is 0.290. The molecule has 4 rings (SSSR count). The third-order valence-corrected chi connectivity index (χ3v) is 4.87. The molecule has 0 aliphatic heterocycles. The van der Waals surface area contributed by atoms with Crippen LogP contribution in [-0.2, 0) is 0 Å². The van der Waals surface area contributed by atoms with E-state index < -0.39 is 0 Å². The van der Waals surface area contributed by atoms with Gasteiger partial charge in [0.25, 0.3) is 0 Å². The number of carbonyl (C=O) groups excluding carboxylic acids is 1. The standard InChI is InChI=1S/C21H13IO/c22-18-9-7-15-11-17(6-5-16(15)12-18)20-10-8-14-3-1-2-4-19(14)21(20)13-23/h1-13H. The van der Waals surface area contributed by atoms with Gasteiger partial charge >= 0.3 is 0 Å². The van der Waals surface area contributed by atoms with Crippen LogP contribution in [0.2, 0.25) is 0 Å². The maximum absolute atomic E-state index is 11.7. The molecule has 2 heteroatoms. The predicted octanol–water partition coefficient (Wildman–Crippen LogP) is 6.08. The smallest absolute Gasteiger partial charge is 0.151 e. The monoisotopic (exact) mass is 408 g/mol. The Morgan fingerprint density at radius 1 is 0.739 bits per heavy atom. The minimum Gasteiger partial charge on any atom is -0.298 e. The van der Waals surface area contributed by atoms with Crippen molar-refractivity contribution in [1.82, 2.24) is 0 Å². The molecule has 4 aromatic carbocycles. The molecule has 0 spiro atoms. The van der Waals surface area contributed by atoms with Crippen molar-refractivity contribution in [3.8, 4) is 11.1 Å². The number of hydrogen-bond acceptors (Lipinski definition) is 1. The molecule has 4 aromatic rings. The van der Waals surface area contributed by atoms with Gasteiger partial charge in [0.05, 0.1) is 0 Å². The van der Waals surface area contributed by atoms with Crippen LogP contribution < -0.4 is 0 Å². The summed E-state index contributed by atoms with van der Waals surface area (Å²) in [6.45, 7) is 0. The van der Waals surface area contributed by atoms with E-state index in [1.54, 1.807) is 0 Å². The van der Waals surface area contributed by atoms with E-state index in [9.17, 15) is 4.79 Å². The number of carbonyl (C=O) groups is 1. The Morgan fingerprint density at radius 3 is 2.35 bits per heavy atom. The first-order chi connectivity index (χ1) is 11.3. The van der Waals surface area contributed by atoms with E-state index in [1.165, 1.54) is 14.3 Å². The molecule has 0 saturated carbocycles. The molecule has 0 aliphatic rings. The van der Waals surface area contributed by atoms with Gasteiger partial charge < -0.3 is 0 Å². The Balaban J connectivity index is 1.98. The van der Waals surface area contributed by atoms with Crippen LogP contribution >= 0.6 is 22.6 Å². The topological polar surface area (TPSA) is 17.1 Å². The normalized spacial score (nSPS) is 11.0. The number of benzene rings is 4. The molecular formula is C21H13IO.